The smallest absolute Gasteiger partial charge is 0.323 e. The fraction of sp³-hybridized carbons (Fsp3) is 0.0833. The third-order valence-electron chi connectivity index (χ3n) is 2.33. The van der Waals surface area contributed by atoms with Crippen molar-refractivity contribution in [3.05, 3.63) is 47.3 Å². The van der Waals surface area contributed by atoms with Crippen molar-refractivity contribution >= 4 is 29.2 Å². The molecule has 1 aromatic carbocycles. The number of nitrogens with zero attached hydrogens (tertiary/aromatic N) is 2. The molecule has 0 atom stereocenters. The Kier molecular flexibility index (Phi) is 3.82. The van der Waals surface area contributed by atoms with Crippen LogP contribution in [0.1, 0.15) is 10.5 Å². The Morgan fingerprint density at radius 3 is 2.47 bits per heavy atom. The zero-order chi connectivity index (χ0) is 13.8. The molecule has 0 radical (unpaired) electrons. The molecule has 0 aliphatic rings. The van der Waals surface area contributed by atoms with Crippen LogP contribution in [-0.4, -0.2) is 28.7 Å². The number of hydrogen-bond donors (Lipinski definition) is 1. The molecule has 2 aromatic rings. The number of halogens is 1. The number of aliphatic carboxylic acids is 1. The highest BCUT2D eigenvalue weighted by molar-refractivity contribution is 6.30. The van der Waals surface area contributed by atoms with E-state index in [0.717, 1.165) is 4.90 Å². The first kappa shape index (κ1) is 13.1. The lowest BCUT2D eigenvalue weighted by Gasteiger charge is -2.19. The average molecular weight is 281 g/mol. The Bertz CT molecular complexity index is 580. The van der Waals surface area contributed by atoms with Crippen LogP contribution in [-0.2, 0) is 4.79 Å². The van der Waals surface area contributed by atoms with Gasteiger partial charge in [-0.1, -0.05) is 16.8 Å². The first-order valence-electron chi connectivity index (χ1n) is 5.27. The maximum Gasteiger partial charge on any atom is 0.323 e. The summed E-state index contributed by atoms with van der Waals surface area (Å²) in [5.74, 6) is -1.69. The summed E-state index contributed by atoms with van der Waals surface area (Å²) in [6.45, 7) is -0.479. The van der Waals surface area contributed by atoms with Crippen molar-refractivity contribution in [2.24, 2.45) is 0 Å². The molecule has 0 spiro atoms. The summed E-state index contributed by atoms with van der Waals surface area (Å²) in [5.41, 5.74) is 0.455. The lowest BCUT2D eigenvalue weighted by Crippen LogP contribution is -2.35. The number of aromatic nitrogens is 1. The minimum Gasteiger partial charge on any atom is -0.480 e. The van der Waals surface area contributed by atoms with Gasteiger partial charge in [-0.3, -0.25) is 14.5 Å². The highest BCUT2D eigenvalue weighted by Gasteiger charge is 2.22. The van der Waals surface area contributed by atoms with Crippen molar-refractivity contribution in [2.45, 2.75) is 0 Å². The summed E-state index contributed by atoms with van der Waals surface area (Å²) in [7, 11) is 0. The summed E-state index contributed by atoms with van der Waals surface area (Å²) in [5, 5.41) is 12.9. The predicted octanol–water partition coefficient (Wildman–Crippen LogP) is 2.06. The van der Waals surface area contributed by atoms with Gasteiger partial charge in [-0.15, -0.1) is 0 Å². The Morgan fingerprint density at radius 2 is 1.95 bits per heavy atom. The van der Waals surface area contributed by atoms with Gasteiger partial charge in [0, 0.05) is 16.8 Å². The molecule has 2 rings (SSSR count). The zero-order valence-corrected chi connectivity index (χ0v) is 10.4. The third kappa shape index (κ3) is 3.11. The second-order valence-corrected chi connectivity index (χ2v) is 4.08. The van der Waals surface area contributed by atoms with Crippen molar-refractivity contribution < 1.29 is 19.2 Å². The van der Waals surface area contributed by atoms with Crippen LogP contribution in [0, 0.1) is 0 Å². The monoisotopic (exact) mass is 280 g/mol. The van der Waals surface area contributed by atoms with Gasteiger partial charge in [0.15, 0.2) is 5.69 Å². The molecule has 0 aliphatic heterocycles. The number of carbonyl (C=O) groups excluding carboxylic acids is 1. The molecule has 1 N–H and O–H groups in total. The lowest BCUT2D eigenvalue weighted by molar-refractivity contribution is -0.135. The van der Waals surface area contributed by atoms with Gasteiger partial charge in [-0.2, -0.15) is 0 Å². The maximum absolute atomic E-state index is 12.1. The molecule has 7 heteroatoms. The number of carbonyl (C=O) groups is 2. The van der Waals surface area contributed by atoms with Crippen LogP contribution in [0.2, 0.25) is 5.02 Å². The molecule has 0 aliphatic carbocycles. The number of benzene rings is 1. The summed E-state index contributed by atoms with van der Waals surface area (Å²) in [6, 6.07) is 7.63. The maximum atomic E-state index is 12.1. The van der Waals surface area contributed by atoms with Crippen LogP contribution in [0.3, 0.4) is 0 Å². The zero-order valence-electron chi connectivity index (χ0n) is 9.62. The SMILES string of the molecule is O=C(O)CN(C(=O)c1ccon1)c1ccc(Cl)cc1. The van der Waals surface area contributed by atoms with Gasteiger partial charge in [-0.05, 0) is 24.3 Å². The van der Waals surface area contributed by atoms with Crippen LogP contribution in [0.15, 0.2) is 41.1 Å². The van der Waals surface area contributed by atoms with Gasteiger partial charge in [0.2, 0.25) is 0 Å². The van der Waals surface area contributed by atoms with Gasteiger partial charge >= 0.3 is 5.97 Å². The summed E-state index contributed by atoms with van der Waals surface area (Å²) in [6.07, 6.45) is 1.24. The molecular formula is C12H9ClN2O4. The van der Waals surface area contributed by atoms with E-state index >= 15 is 0 Å². The third-order valence-corrected chi connectivity index (χ3v) is 2.59. The second kappa shape index (κ2) is 5.53. The van der Waals surface area contributed by atoms with Crippen LogP contribution in [0.25, 0.3) is 0 Å². The molecule has 0 saturated carbocycles. The molecule has 6 nitrogen and oxygen atoms in total. The van der Waals surface area contributed by atoms with Crippen LogP contribution >= 0.6 is 11.6 Å². The number of hydrogen-bond acceptors (Lipinski definition) is 4. The van der Waals surface area contributed by atoms with E-state index in [-0.39, 0.29) is 5.69 Å². The highest BCUT2D eigenvalue weighted by atomic mass is 35.5. The topological polar surface area (TPSA) is 83.6 Å². The molecule has 1 heterocycles. The number of anilines is 1. The number of rotatable bonds is 4. The van der Waals surface area contributed by atoms with E-state index in [1.54, 1.807) is 24.3 Å². The standard InChI is InChI=1S/C12H9ClN2O4/c13-8-1-3-9(4-2-8)15(7-11(16)17)12(18)10-5-6-19-14-10/h1-6H,7H2,(H,16,17). The fourth-order valence-electron chi connectivity index (χ4n) is 1.50. The van der Waals surface area contributed by atoms with Crippen LogP contribution in [0.5, 0.6) is 0 Å². The largest absolute Gasteiger partial charge is 0.480 e. The van der Waals surface area contributed by atoms with Crippen LogP contribution < -0.4 is 4.90 Å². The molecule has 0 bridgehead atoms. The number of amides is 1. The Balaban J connectivity index is 2.33. The summed E-state index contributed by atoms with van der Waals surface area (Å²) >= 11 is 5.75. The molecule has 0 saturated heterocycles. The fourth-order valence-corrected chi connectivity index (χ4v) is 1.62. The first-order valence-corrected chi connectivity index (χ1v) is 5.65. The van der Waals surface area contributed by atoms with Gasteiger partial charge in [0.1, 0.15) is 12.8 Å². The van der Waals surface area contributed by atoms with E-state index in [0.29, 0.717) is 10.7 Å². The molecule has 98 valence electrons. The Hall–Kier alpha value is -2.34. The first-order chi connectivity index (χ1) is 9.08. The Labute approximate surface area is 113 Å². The summed E-state index contributed by atoms with van der Waals surface area (Å²) in [4.78, 5) is 24.1. The number of carboxylic acids is 1. The second-order valence-electron chi connectivity index (χ2n) is 3.65. The molecule has 0 unspecified atom stereocenters. The van der Waals surface area contributed by atoms with E-state index < -0.39 is 18.4 Å². The van der Waals surface area contributed by atoms with Crippen molar-refractivity contribution in [2.75, 3.05) is 11.4 Å². The average Bonchev–Trinajstić information content (AvgIpc) is 2.90. The van der Waals surface area contributed by atoms with Crippen LogP contribution in [0.4, 0.5) is 5.69 Å². The van der Waals surface area contributed by atoms with Crippen molar-refractivity contribution in [3.63, 3.8) is 0 Å². The normalized spacial score (nSPS) is 10.2. The summed E-state index contributed by atoms with van der Waals surface area (Å²) < 4.78 is 4.58. The van der Waals surface area contributed by atoms with E-state index in [1.807, 2.05) is 0 Å². The van der Waals surface area contributed by atoms with Crippen molar-refractivity contribution in [3.8, 4) is 0 Å². The molecule has 1 aromatic heterocycles. The number of carboxylic acid groups (broad SMARTS) is 1. The van der Waals surface area contributed by atoms with Gasteiger partial charge in [0.05, 0.1) is 0 Å². The molecular weight excluding hydrogens is 272 g/mol. The Morgan fingerprint density at radius 1 is 1.26 bits per heavy atom. The quantitative estimate of drug-likeness (QED) is 0.927. The van der Waals surface area contributed by atoms with Gasteiger partial charge < -0.3 is 9.63 Å². The van der Waals surface area contributed by atoms with Crippen molar-refractivity contribution in [1.82, 2.24) is 5.16 Å². The van der Waals surface area contributed by atoms with E-state index in [9.17, 15) is 9.59 Å². The molecule has 1 amide bonds. The predicted molar refractivity (Wildman–Crippen MR) is 67.3 cm³/mol. The minimum atomic E-state index is -1.13. The van der Waals surface area contributed by atoms with Gasteiger partial charge in [-0.25, -0.2) is 0 Å². The van der Waals surface area contributed by atoms with E-state index in [4.69, 9.17) is 16.7 Å². The molecule has 19 heavy (non-hydrogen) atoms. The van der Waals surface area contributed by atoms with E-state index in [2.05, 4.69) is 9.68 Å². The lowest BCUT2D eigenvalue weighted by atomic mass is 10.2. The van der Waals surface area contributed by atoms with Crippen molar-refractivity contribution in [1.29, 1.82) is 0 Å². The minimum absolute atomic E-state index is 0.0381. The highest BCUT2D eigenvalue weighted by Crippen LogP contribution is 2.19. The van der Waals surface area contributed by atoms with E-state index in [1.165, 1.54) is 12.3 Å². The molecule has 0 fully saturated rings. The van der Waals surface area contributed by atoms with Gasteiger partial charge in [0.25, 0.3) is 5.91 Å².